The van der Waals surface area contributed by atoms with Gasteiger partial charge in [-0.15, -0.1) is 0 Å². The van der Waals surface area contributed by atoms with Crippen LogP contribution in [0, 0.1) is 5.92 Å². The number of aromatic nitrogens is 2. The Bertz CT molecular complexity index is 1410. The van der Waals surface area contributed by atoms with Gasteiger partial charge in [0.1, 0.15) is 5.69 Å². The lowest BCUT2D eigenvalue weighted by Crippen LogP contribution is -2.45. The number of carbonyl (C=O) groups is 1. The molecule has 156 valence electrons. The molecule has 0 amide bonds. The summed E-state index contributed by atoms with van der Waals surface area (Å²) in [4.78, 5) is 17.3. The lowest BCUT2D eigenvalue weighted by Gasteiger charge is -2.48. The van der Waals surface area contributed by atoms with Gasteiger partial charge in [-0.3, -0.25) is 0 Å². The number of benzene rings is 2. The molecule has 2 aromatic carbocycles. The molecule has 1 N–H and O–H groups in total. The van der Waals surface area contributed by atoms with Gasteiger partial charge in [0.05, 0.1) is 24.4 Å². The standard InChI is InChI=1S/C25H22ClN3O2/c1-25(2)16-10-13(26)8-9-18(16)27-21-17(25)12-29-20-7-5-4-6-14(20)15-11-19(24(30)31-3)28-22(21)23(15)29/h4-11,17,21,27H,12H2,1-3H3. The number of para-hydroxylation sites is 1. The van der Waals surface area contributed by atoms with Gasteiger partial charge >= 0.3 is 5.97 Å². The van der Waals surface area contributed by atoms with Crippen molar-refractivity contribution in [2.24, 2.45) is 5.92 Å². The monoisotopic (exact) mass is 431 g/mol. The van der Waals surface area contributed by atoms with E-state index in [4.69, 9.17) is 21.3 Å². The molecule has 6 rings (SSSR count). The van der Waals surface area contributed by atoms with E-state index in [-0.39, 0.29) is 17.4 Å². The average molecular weight is 432 g/mol. The summed E-state index contributed by atoms with van der Waals surface area (Å²) in [7, 11) is 1.40. The van der Waals surface area contributed by atoms with E-state index in [1.54, 1.807) is 0 Å². The summed E-state index contributed by atoms with van der Waals surface area (Å²) < 4.78 is 7.39. The van der Waals surface area contributed by atoms with Crippen LogP contribution in [-0.2, 0) is 16.7 Å². The van der Waals surface area contributed by atoms with Gasteiger partial charge < -0.3 is 14.6 Å². The molecule has 2 aliphatic rings. The van der Waals surface area contributed by atoms with Crippen LogP contribution in [0.1, 0.15) is 41.6 Å². The maximum absolute atomic E-state index is 12.5. The molecule has 0 aliphatic carbocycles. The number of nitrogens with zero attached hydrogens (tertiary/aromatic N) is 2. The SMILES string of the molecule is COC(=O)c1cc2c3ccccc3n3c2c(n1)C1Nc2ccc(Cl)cc2C(C)(C)C1C3. The van der Waals surface area contributed by atoms with Gasteiger partial charge in [0.25, 0.3) is 0 Å². The second-order valence-electron chi connectivity index (χ2n) is 9.05. The Labute approximate surface area is 185 Å². The number of halogens is 1. The van der Waals surface area contributed by atoms with Gasteiger partial charge in [0.15, 0.2) is 0 Å². The zero-order valence-corrected chi connectivity index (χ0v) is 18.3. The first-order valence-corrected chi connectivity index (χ1v) is 10.8. The lowest BCUT2D eigenvalue weighted by molar-refractivity contribution is 0.0593. The lowest BCUT2D eigenvalue weighted by atomic mass is 9.65. The van der Waals surface area contributed by atoms with E-state index in [2.05, 4.69) is 48.0 Å². The Morgan fingerprint density at radius 2 is 2.00 bits per heavy atom. The van der Waals surface area contributed by atoms with Crippen LogP contribution < -0.4 is 5.32 Å². The van der Waals surface area contributed by atoms with Crippen molar-refractivity contribution in [1.82, 2.24) is 9.55 Å². The number of nitrogens with one attached hydrogen (secondary N) is 1. The normalized spacial score (nSPS) is 20.8. The predicted octanol–water partition coefficient (Wildman–Crippen LogP) is 5.70. The molecular formula is C25H22ClN3O2. The van der Waals surface area contributed by atoms with Crippen molar-refractivity contribution in [3.63, 3.8) is 0 Å². The summed E-state index contributed by atoms with van der Waals surface area (Å²) in [6.07, 6.45) is 0. The number of carbonyl (C=O) groups excluding carboxylic acids is 1. The quantitative estimate of drug-likeness (QED) is 0.392. The summed E-state index contributed by atoms with van der Waals surface area (Å²) in [6, 6.07) is 16.2. The van der Waals surface area contributed by atoms with Gasteiger partial charge in [-0.05, 0) is 41.3 Å². The molecule has 4 heterocycles. The second kappa shape index (κ2) is 6.24. The molecule has 0 spiro atoms. The topological polar surface area (TPSA) is 56.2 Å². The minimum absolute atomic E-state index is 0.0207. The summed E-state index contributed by atoms with van der Waals surface area (Å²) in [5.74, 6) is -0.190. The third kappa shape index (κ3) is 2.44. The predicted molar refractivity (Wildman–Crippen MR) is 123 cm³/mol. The molecule has 0 fully saturated rings. The fourth-order valence-electron chi connectivity index (χ4n) is 5.57. The van der Waals surface area contributed by atoms with Crippen LogP contribution >= 0.6 is 11.6 Å². The van der Waals surface area contributed by atoms with E-state index in [1.165, 1.54) is 12.7 Å². The van der Waals surface area contributed by atoms with Crippen LogP contribution in [0.4, 0.5) is 5.69 Å². The van der Waals surface area contributed by atoms with Crippen molar-refractivity contribution in [3.05, 3.63) is 70.5 Å². The number of hydrogen-bond acceptors (Lipinski definition) is 4. The number of esters is 1. The number of hydrogen-bond donors (Lipinski definition) is 1. The van der Waals surface area contributed by atoms with Crippen LogP contribution in [0.15, 0.2) is 48.5 Å². The zero-order chi connectivity index (χ0) is 21.5. The average Bonchev–Trinajstić information content (AvgIpc) is 3.09. The number of methoxy groups -OCH3 is 1. The van der Waals surface area contributed by atoms with E-state index in [0.29, 0.717) is 5.69 Å². The van der Waals surface area contributed by atoms with Gasteiger partial charge in [0, 0.05) is 39.5 Å². The molecule has 0 bridgehead atoms. The Morgan fingerprint density at radius 1 is 1.19 bits per heavy atom. The van der Waals surface area contributed by atoms with Crippen LogP contribution in [0.2, 0.25) is 5.02 Å². The zero-order valence-electron chi connectivity index (χ0n) is 17.6. The Kier molecular flexibility index (Phi) is 3.76. The molecule has 0 radical (unpaired) electrons. The summed E-state index contributed by atoms with van der Waals surface area (Å²) in [6.45, 7) is 5.41. The van der Waals surface area contributed by atoms with Crippen molar-refractivity contribution in [1.29, 1.82) is 0 Å². The maximum Gasteiger partial charge on any atom is 0.356 e. The van der Waals surface area contributed by atoms with Gasteiger partial charge in [-0.2, -0.15) is 0 Å². The fourth-order valence-corrected chi connectivity index (χ4v) is 5.74. The number of fused-ring (bicyclic) bond motifs is 6. The third-order valence-electron chi connectivity index (χ3n) is 7.16. The van der Waals surface area contributed by atoms with Crippen molar-refractivity contribution in [2.75, 3.05) is 12.4 Å². The highest BCUT2D eigenvalue weighted by Gasteiger charge is 2.47. The maximum atomic E-state index is 12.5. The highest BCUT2D eigenvalue weighted by Crippen LogP contribution is 2.53. The number of pyridine rings is 1. The summed E-state index contributed by atoms with van der Waals surface area (Å²) in [5.41, 5.74) is 5.63. The van der Waals surface area contributed by atoms with Crippen LogP contribution in [-0.4, -0.2) is 22.6 Å². The molecule has 2 atom stereocenters. The first-order chi connectivity index (χ1) is 14.9. The van der Waals surface area contributed by atoms with Crippen molar-refractivity contribution >= 4 is 45.1 Å². The highest BCUT2D eigenvalue weighted by atomic mass is 35.5. The number of rotatable bonds is 1. The highest BCUT2D eigenvalue weighted by molar-refractivity contribution is 6.30. The Hall–Kier alpha value is -3.05. The van der Waals surface area contributed by atoms with E-state index in [0.717, 1.165) is 44.8 Å². The number of anilines is 1. The second-order valence-corrected chi connectivity index (χ2v) is 9.48. The Morgan fingerprint density at radius 3 is 2.81 bits per heavy atom. The molecular weight excluding hydrogens is 410 g/mol. The minimum Gasteiger partial charge on any atom is -0.464 e. The third-order valence-corrected chi connectivity index (χ3v) is 7.39. The largest absolute Gasteiger partial charge is 0.464 e. The molecule has 4 aromatic rings. The van der Waals surface area contributed by atoms with Gasteiger partial charge in [-0.1, -0.05) is 43.6 Å². The van der Waals surface area contributed by atoms with Crippen molar-refractivity contribution in [3.8, 4) is 0 Å². The smallest absolute Gasteiger partial charge is 0.356 e. The molecule has 2 aliphatic heterocycles. The van der Waals surface area contributed by atoms with Gasteiger partial charge in [0.2, 0.25) is 0 Å². The minimum atomic E-state index is -0.417. The first-order valence-electron chi connectivity index (χ1n) is 10.5. The molecule has 0 saturated heterocycles. The summed E-state index contributed by atoms with van der Waals surface area (Å²) >= 11 is 6.36. The number of ether oxygens (including phenoxy) is 1. The van der Waals surface area contributed by atoms with Crippen molar-refractivity contribution in [2.45, 2.75) is 31.8 Å². The molecule has 5 nitrogen and oxygen atoms in total. The van der Waals surface area contributed by atoms with E-state index >= 15 is 0 Å². The van der Waals surface area contributed by atoms with Crippen LogP contribution in [0.3, 0.4) is 0 Å². The first kappa shape index (κ1) is 18.7. The molecule has 6 heteroatoms. The molecule has 0 saturated carbocycles. The van der Waals surface area contributed by atoms with Crippen molar-refractivity contribution < 1.29 is 9.53 Å². The van der Waals surface area contributed by atoms with E-state index < -0.39 is 5.97 Å². The van der Waals surface area contributed by atoms with E-state index in [9.17, 15) is 4.79 Å². The van der Waals surface area contributed by atoms with Gasteiger partial charge in [-0.25, -0.2) is 9.78 Å². The molecule has 2 unspecified atom stereocenters. The van der Waals surface area contributed by atoms with Crippen LogP contribution in [0.5, 0.6) is 0 Å². The Balaban J connectivity index is 1.68. The summed E-state index contributed by atoms with van der Waals surface area (Å²) in [5, 5.41) is 6.63. The fraction of sp³-hybridized carbons (Fsp3) is 0.280. The van der Waals surface area contributed by atoms with Crippen LogP contribution in [0.25, 0.3) is 21.8 Å². The molecule has 31 heavy (non-hydrogen) atoms. The van der Waals surface area contributed by atoms with E-state index in [1.807, 2.05) is 24.3 Å². The molecule has 2 aromatic heterocycles.